The zero-order valence-corrected chi connectivity index (χ0v) is 20.6. The van der Waals surface area contributed by atoms with Crippen molar-refractivity contribution in [1.29, 1.82) is 0 Å². The van der Waals surface area contributed by atoms with Gasteiger partial charge in [-0.15, -0.1) is 0 Å². The van der Waals surface area contributed by atoms with E-state index in [4.69, 9.17) is 13.3 Å². The number of nitrogens with zero attached hydrogens (tertiary/aromatic N) is 2. The van der Waals surface area contributed by atoms with Gasteiger partial charge in [0.1, 0.15) is 0 Å². The number of hydrogen-bond acceptors (Lipinski definition) is 7. The van der Waals surface area contributed by atoms with Crippen molar-refractivity contribution < 1.29 is 60.9 Å². The maximum absolute atomic E-state index is 11.4. The minimum Gasteiger partial charge on any atom is -0.421 e. The molecule has 194 valence electrons. The second kappa shape index (κ2) is 11.8. The lowest BCUT2D eigenvalue weighted by molar-refractivity contribution is -0.915. The van der Waals surface area contributed by atoms with Crippen LogP contribution in [0.1, 0.15) is 26.2 Å². The molecule has 1 heterocycles. The van der Waals surface area contributed by atoms with Crippen LogP contribution in [0.15, 0.2) is 0 Å². The van der Waals surface area contributed by atoms with Crippen molar-refractivity contribution in [3.8, 4) is 0 Å². The molecule has 0 N–H and O–H groups in total. The molecule has 0 aromatic heterocycles. The van der Waals surface area contributed by atoms with Gasteiger partial charge < -0.3 is 21.9 Å². The first kappa shape index (κ1) is 31.5. The molecule has 9 nitrogen and oxygen atoms in total. The van der Waals surface area contributed by atoms with Gasteiger partial charge in [-0.1, -0.05) is 6.92 Å². The molecule has 0 saturated carbocycles. The summed E-state index contributed by atoms with van der Waals surface area (Å²) < 4.78 is 127. The summed E-state index contributed by atoms with van der Waals surface area (Å²) in [4.78, 5) is 0. The number of halogens is 6. The summed E-state index contributed by atoms with van der Waals surface area (Å²) in [6.07, 6.45) is 3.98. The molecule has 0 amide bonds. The summed E-state index contributed by atoms with van der Waals surface area (Å²) in [6.45, 7) is 7.31. The standard InChI is InChI=1S/C12H28NO3Si.C2F6NO4S2/c1-5-8-13(9-6-7-10-13)11-12-17(14-2,15-3)16-4;3-1(4,5)14(10,11)9-15(12,13)2(6,7)8/h5-12H2,1-4H3;/q+1;-1. The lowest BCUT2D eigenvalue weighted by Crippen LogP contribution is -2.52. The Bertz CT molecular complexity index is 730. The smallest absolute Gasteiger partial charge is 0.421 e. The van der Waals surface area contributed by atoms with E-state index in [-0.39, 0.29) is 0 Å². The van der Waals surface area contributed by atoms with E-state index >= 15 is 0 Å². The fraction of sp³-hybridized carbons (Fsp3) is 1.00. The maximum atomic E-state index is 11.4. The molecule has 1 rings (SSSR count). The summed E-state index contributed by atoms with van der Waals surface area (Å²) >= 11 is 0. The van der Waals surface area contributed by atoms with Crippen LogP contribution in [0.3, 0.4) is 0 Å². The van der Waals surface area contributed by atoms with Gasteiger partial charge in [0.2, 0.25) is 0 Å². The highest BCUT2D eigenvalue weighted by Gasteiger charge is 2.47. The van der Waals surface area contributed by atoms with Crippen molar-refractivity contribution in [2.24, 2.45) is 0 Å². The van der Waals surface area contributed by atoms with Crippen LogP contribution in [-0.4, -0.2) is 88.6 Å². The molecule has 0 bridgehead atoms. The lowest BCUT2D eigenvalue weighted by atomic mass is 10.3. The van der Waals surface area contributed by atoms with Gasteiger partial charge in [0, 0.05) is 34.2 Å². The van der Waals surface area contributed by atoms with Gasteiger partial charge in [-0.25, -0.2) is 16.8 Å². The Balaban J connectivity index is 0.000000607. The third-order valence-corrected chi connectivity index (χ3v) is 10.3. The third kappa shape index (κ3) is 8.69. The second-order valence-electron chi connectivity index (χ2n) is 6.90. The molecule has 1 aliphatic heterocycles. The maximum Gasteiger partial charge on any atom is 0.505 e. The molecule has 1 aliphatic rings. The Morgan fingerprint density at radius 3 is 1.47 bits per heavy atom. The van der Waals surface area contributed by atoms with Gasteiger partial charge in [-0.2, -0.15) is 26.3 Å². The van der Waals surface area contributed by atoms with Gasteiger partial charge in [0.15, 0.2) is 20.0 Å². The second-order valence-corrected chi connectivity index (χ2v) is 13.4. The predicted octanol–water partition coefficient (Wildman–Crippen LogP) is 2.94. The van der Waals surface area contributed by atoms with E-state index in [0.29, 0.717) is 0 Å². The van der Waals surface area contributed by atoms with Crippen LogP contribution >= 0.6 is 0 Å². The molecular weight excluding hydrogens is 514 g/mol. The largest absolute Gasteiger partial charge is 0.505 e. The number of alkyl halides is 6. The molecule has 0 aliphatic carbocycles. The monoisotopic (exact) mass is 542 g/mol. The van der Waals surface area contributed by atoms with Crippen LogP contribution in [0.4, 0.5) is 26.3 Å². The van der Waals surface area contributed by atoms with Crippen LogP contribution in [0.25, 0.3) is 4.13 Å². The minimum absolute atomic E-state index is 0.778. The topological polar surface area (TPSA) is 110 Å². The minimum atomic E-state index is -6.72. The highest BCUT2D eigenvalue weighted by molar-refractivity contribution is 8.13. The number of quaternary nitrogens is 1. The highest BCUT2D eigenvalue weighted by atomic mass is 32.3. The zero-order chi connectivity index (χ0) is 25.5. The Hall–Kier alpha value is -0.503. The van der Waals surface area contributed by atoms with Gasteiger partial charge >= 0.3 is 19.8 Å². The Morgan fingerprint density at radius 2 is 1.19 bits per heavy atom. The van der Waals surface area contributed by atoms with Crippen molar-refractivity contribution in [3.63, 3.8) is 0 Å². The number of likely N-dealkylation sites (tertiary alicyclic amines) is 1. The zero-order valence-electron chi connectivity index (χ0n) is 18.0. The fourth-order valence-electron chi connectivity index (χ4n) is 3.18. The quantitative estimate of drug-likeness (QED) is 0.237. The first-order valence-corrected chi connectivity index (χ1v) is 14.0. The molecule has 1 saturated heterocycles. The van der Waals surface area contributed by atoms with Crippen molar-refractivity contribution in [1.82, 2.24) is 0 Å². The molecule has 0 aromatic carbocycles. The van der Waals surface area contributed by atoms with E-state index in [9.17, 15) is 43.2 Å². The summed E-state index contributed by atoms with van der Waals surface area (Å²) in [5.74, 6) is 0. The van der Waals surface area contributed by atoms with Crippen LogP contribution in [0.2, 0.25) is 6.04 Å². The Kier molecular flexibility index (Phi) is 11.6. The first-order valence-electron chi connectivity index (χ1n) is 9.24. The molecule has 0 radical (unpaired) electrons. The lowest BCUT2D eigenvalue weighted by Gasteiger charge is -2.36. The number of rotatable bonds is 10. The van der Waals surface area contributed by atoms with Crippen molar-refractivity contribution in [2.75, 3.05) is 47.5 Å². The Morgan fingerprint density at radius 1 is 0.812 bits per heavy atom. The van der Waals surface area contributed by atoms with Crippen molar-refractivity contribution in [2.45, 2.75) is 43.2 Å². The average Bonchev–Trinajstić information content (AvgIpc) is 3.10. The van der Waals surface area contributed by atoms with Gasteiger partial charge in [0.25, 0.3) is 0 Å². The predicted molar refractivity (Wildman–Crippen MR) is 104 cm³/mol. The molecule has 18 heteroatoms. The van der Waals surface area contributed by atoms with Crippen molar-refractivity contribution in [3.05, 3.63) is 4.13 Å². The molecular formula is C14H28F6N2O7S2Si. The average molecular weight is 543 g/mol. The summed E-state index contributed by atoms with van der Waals surface area (Å²) in [6, 6.07) is 0.927. The SMILES string of the molecule is CCC[N+]1(CC[Si](OC)(OC)OC)CCCC1.O=S(=O)([N-]S(=O)(=O)C(F)(F)F)C(F)(F)F. The molecule has 0 spiro atoms. The summed E-state index contributed by atoms with van der Waals surface area (Å²) in [5, 5.41) is 0. The van der Waals surface area contributed by atoms with E-state index in [1.54, 1.807) is 21.3 Å². The van der Waals surface area contributed by atoms with E-state index in [1.165, 1.54) is 43.4 Å². The van der Waals surface area contributed by atoms with E-state index in [1.807, 2.05) is 0 Å². The number of hydrogen-bond donors (Lipinski definition) is 0. The van der Waals surface area contributed by atoms with E-state index in [0.717, 1.165) is 16.7 Å². The normalized spacial score (nSPS) is 17.7. The van der Waals surface area contributed by atoms with Gasteiger partial charge in [0.05, 0.1) is 32.2 Å². The van der Waals surface area contributed by atoms with Gasteiger partial charge in [-0.05, 0) is 6.42 Å². The van der Waals surface area contributed by atoms with Crippen LogP contribution in [0.5, 0.6) is 0 Å². The van der Waals surface area contributed by atoms with Crippen LogP contribution < -0.4 is 0 Å². The molecule has 1 fully saturated rings. The van der Waals surface area contributed by atoms with Crippen LogP contribution in [-0.2, 0) is 33.3 Å². The van der Waals surface area contributed by atoms with Crippen LogP contribution in [0, 0.1) is 0 Å². The van der Waals surface area contributed by atoms with Crippen molar-refractivity contribution >= 4 is 28.9 Å². The third-order valence-electron chi connectivity index (χ3n) is 4.82. The van der Waals surface area contributed by atoms with Gasteiger partial charge in [-0.3, -0.25) is 0 Å². The molecule has 32 heavy (non-hydrogen) atoms. The molecule has 0 atom stereocenters. The van der Waals surface area contributed by atoms with E-state index < -0.39 is 39.9 Å². The summed E-state index contributed by atoms with van der Waals surface area (Å²) in [5.41, 5.74) is -12.4. The Labute approximate surface area is 185 Å². The van der Waals surface area contributed by atoms with E-state index in [2.05, 4.69) is 6.92 Å². The number of sulfonamides is 2. The molecule has 0 aromatic rings. The first-order chi connectivity index (χ1) is 14.4. The highest BCUT2D eigenvalue weighted by Crippen LogP contribution is 2.36. The summed E-state index contributed by atoms with van der Waals surface area (Å²) in [7, 11) is -10.7. The fourth-order valence-corrected chi connectivity index (χ4v) is 6.75. The molecule has 0 unspecified atom stereocenters.